The predicted molar refractivity (Wildman–Crippen MR) is 97.3 cm³/mol. The van der Waals surface area contributed by atoms with E-state index in [2.05, 4.69) is 10.2 Å². The molecule has 0 saturated heterocycles. The van der Waals surface area contributed by atoms with E-state index in [1.54, 1.807) is 4.57 Å². The quantitative estimate of drug-likeness (QED) is 0.527. The molecule has 4 aromatic rings. The van der Waals surface area contributed by atoms with Crippen molar-refractivity contribution in [2.75, 3.05) is 6.26 Å². The van der Waals surface area contributed by atoms with Crippen molar-refractivity contribution in [1.82, 2.24) is 19.2 Å². The lowest BCUT2D eigenvalue weighted by Gasteiger charge is -2.13. The Labute approximate surface area is 143 Å². The predicted octanol–water partition coefficient (Wildman–Crippen LogP) is 3.37. The fraction of sp³-hybridized carbons (Fsp3) is 0.167. The Kier molecular flexibility index (Phi) is 3.42. The van der Waals surface area contributed by atoms with Crippen LogP contribution in [-0.2, 0) is 0 Å². The van der Waals surface area contributed by atoms with Crippen LogP contribution in [0.1, 0.15) is 11.1 Å². The molecular weight excluding hydrogens is 320 g/mol. The summed E-state index contributed by atoms with van der Waals surface area (Å²) < 4.78 is 3.61. The van der Waals surface area contributed by atoms with Gasteiger partial charge < -0.3 is 0 Å². The highest BCUT2D eigenvalue weighted by molar-refractivity contribution is 7.98. The first-order valence-corrected chi connectivity index (χ1v) is 8.85. The van der Waals surface area contributed by atoms with E-state index in [9.17, 15) is 4.79 Å². The van der Waals surface area contributed by atoms with Crippen LogP contribution in [0.3, 0.4) is 0 Å². The van der Waals surface area contributed by atoms with Crippen molar-refractivity contribution in [3.05, 3.63) is 63.9 Å². The van der Waals surface area contributed by atoms with Crippen molar-refractivity contribution in [3.63, 3.8) is 0 Å². The Balaban J connectivity index is 2.27. The van der Waals surface area contributed by atoms with E-state index in [1.807, 2.05) is 67.0 Å². The lowest BCUT2D eigenvalue weighted by atomic mass is 10.1. The molecule has 2 aromatic heterocycles. The van der Waals surface area contributed by atoms with Gasteiger partial charge in [-0.25, -0.2) is 4.57 Å². The topological polar surface area (TPSA) is 52.2 Å². The number of thioether (sulfide) groups is 1. The highest BCUT2D eigenvalue weighted by atomic mass is 32.2. The maximum Gasteiger partial charge on any atom is 0.267 e. The second-order valence-electron chi connectivity index (χ2n) is 5.77. The lowest BCUT2D eigenvalue weighted by molar-refractivity contribution is 0.930. The van der Waals surface area contributed by atoms with Gasteiger partial charge in [0.2, 0.25) is 5.78 Å². The van der Waals surface area contributed by atoms with Crippen LogP contribution < -0.4 is 5.56 Å². The molecule has 4 rings (SSSR count). The summed E-state index contributed by atoms with van der Waals surface area (Å²) >= 11 is 1.51. The zero-order chi connectivity index (χ0) is 16.8. The number of benzene rings is 2. The van der Waals surface area contributed by atoms with Crippen molar-refractivity contribution >= 4 is 28.4 Å². The minimum absolute atomic E-state index is 0.0770. The smallest absolute Gasteiger partial charge is 0.267 e. The molecule has 0 atom stereocenters. The molecule has 0 amide bonds. The van der Waals surface area contributed by atoms with Gasteiger partial charge in [-0.15, -0.1) is 10.2 Å². The molecule has 0 saturated carbocycles. The molecular formula is C18H16N4OS. The standard InChI is InChI=1S/C18H16N4OS/c1-11-8-9-12(2)15(10-11)21-16(23)13-6-4-5-7-14(13)22-17(21)19-20-18(22)24-3/h4-10H,1-3H3. The second kappa shape index (κ2) is 5.49. The van der Waals surface area contributed by atoms with Crippen LogP contribution >= 0.6 is 11.8 Å². The van der Waals surface area contributed by atoms with Gasteiger partial charge in [0.25, 0.3) is 5.56 Å². The van der Waals surface area contributed by atoms with Crippen LogP contribution in [-0.4, -0.2) is 25.4 Å². The first-order valence-electron chi connectivity index (χ1n) is 7.62. The Morgan fingerprint density at radius 3 is 2.62 bits per heavy atom. The van der Waals surface area contributed by atoms with E-state index in [1.165, 1.54) is 11.8 Å². The molecule has 0 aliphatic rings. The van der Waals surface area contributed by atoms with Crippen molar-refractivity contribution < 1.29 is 0 Å². The molecule has 2 aromatic carbocycles. The number of rotatable bonds is 2. The van der Waals surface area contributed by atoms with Gasteiger partial charge in [-0.2, -0.15) is 0 Å². The zero-order valence-electron chi connectivity index (χ0n) is 13.6. The number of aromatic nitrogens is 4. The first-order chi connectivity index (χ1) is 11.6. The maximum absolute atomic E-state index is 13.2. The molecule has 0 aliphatic carbocycles. The van der Waals surface area contributed by atoms with E-state index < -0.39 is 0 Å². The molecule has 0 N–H and O–H groups in total. The summed E-state index contributed by atoms with van der Waals surface area (Å²) in [5.41, 5.74) is 3.71. The summed E-state index contributed by atoms with van der Waals surface area (Å²) in [4.78, 5) is 13.2. The van der Waals surface area contributed by atoms with Crippen LogP contribution in [0.5, 0.6) is 0 Å². The summed E-state index contributed by atoms with van der Waals surface area (Å²) in [5, 5.41) is 9.98. The molecule has 0 unspecified atom stereocenters. The number of fused-ring (bicyclic) bond motifs is 3. The van der Waals surface area contributed by atoms with Gasteiger partial charge in [0.15, 0.2) is 5.16 Å². The van der Waals surface area contributed by atoms with Gasteiger partial charge in [0, 0.05) is 0 Å². The van der Waals surface area contributed by atoms with Crippen LogP contribution in [0.15, 0.2) is 52.4 Å². The van der Waals surface area contributed by atoms with Gasteiger partial charge in [-0.05, 0) is 49.4 Å². The SMILES string of the molecule is CSc1nnc2n(-c3cc(C)ccc3C)c(=O)c3ccccc3n12. The molecule has 0 bridgehead atoms. The fourth-order valence-electron chi connectivity index (χ4n) is 2.99. The Hall–Kier alpha value is -2.60. The summed E-state index contributed by atoms with van der Waals surface area (Å²) in [5.74, 6) is 0.539. The Morgan fingerprint density at radius 1 is 1.04 bits per heavy atom. The second-order valence-corrected chi connectivity index (χ2v) is 6.54. The molecule has 0 spiro atoms. The first kappa shape index (κ1) is 15.0. The third-order valence-corrected chi connectivity index (χ3v) is 4.81. The number of nitrogens with zero attached hydrogens (tertiary/aromatic N) is 4. The van der Waals surface area contributed by atoms with Gasteiger partial charge >= 0.3 is 0 Å². The molecule has 5 nitrogen and oxygen atoms in total. The van der Waals surface area contributed by atoms with Gasteiger partial charge in [-0.1, -0.05) is 36.0 Å². The lowest BCUT2D eigenvalue weighted by Crippen LogP contribution is -2.22. The van der Waals surface area contributed by atoms with Crippen LogP contribution in [0, 0.1) is 13.8 Å². The zero-order valence-corrected chi connectivity index (χ0v) is 14.5. The molecule has 0 radical (unpaired) electrons. The minimum atomic E-state index is -0.0770. The third-order valence-electron chi connectivity index (χ3n) is 4.18. The summed E-state index contributed by atoms with van der Waals surface area (Å²) in [6, 6.07) is 13.7. The highest BCUT2D eigenvalue weighted by Crippen LogP contribution is 2.23. The van der Waals surface area contributed by atoms with Gasteiger partial charge in [0.1, 0.15) is 0 Å². The van der Waals surface area contributed by atoms with E-state index in [-0.39, 0.29) is 5.56 Å². The summed E-state index contributed by atoms with van der Waals surface area (Å²) in [6.07, 6.45) is 1.96. The number of para-hydroxylation sites is 1. The van der Waals surface area contributed by atoms with Gasteiger partial charge in [0.05, 0.1) is 16.6 Å². The normalized spacial score (nSPS) is 11.5. The maximum atomic E-state index is 13.2. The van der Waals surface area contributed by atoms with Crippen molar-refractivity contribution in [2.45, 2.75) is 19.0 Å². The summed E-state index contributed by atoms with van der Waals surface area (Å²) in [6.45, 7) is 4.02. The highest BCUT2D eigenvalue weighted by Gasteiger charge is 2.18. The molecule has 24 heavy (non-hydrogen) atoms. The monoisotopic (exact) mass is 336 g/mol. The van der Waals surface area contributed by atoms with Crippen LogP contribution in [0.4, 0.5) is 0 Å². The number of aryl methyl sites for hydroxylation is 2. The molecule has 6 heteroatoms. The van der Waals surface area contributed by atoms with Gasteiger partial charge in [-0.3, -0.25) is 9.20 Å². The minimum Gasteiger partial charge on any atom is -0.268 e. The van der Waals surface area contributed by atoms with Crippen molar-refractivity contribution in [3.8, 4) is 5.69 Å². The largest absolute Gasteiger partial charge is 0.268 e. The molecule has 0 aliphatic heterocycles. The van der Waals surface area contributed by atoms with Crippen molar-refractivity contribution in [2.24, 2.45) is 0 Å². The average molecular weight is 336 g/mol. The van der Waals surface area contributed by atoms with E-state index in [0.717, 1.165) is 27.5 Å². The van der Waals surface area contributed by atoms with E-state index in [0.29, 0.717) is 11.2 Å². The summed E-state index contributed by atoms with van der Waals surface area (Å²) in [7, 11) is 0. The third kappa shape index (κ3) is 2.06. The molecule has 120 valence electrons. The number of hydrogen-bond acceptors (Lipinski definition) is 4. The van der Waals surface area contributed by atoms with Crippen LogP contribution in [0.2, 0.25) is 0 Å². The Morgan fingerprint density at radius 2 is 1.83 bits per heavy atom. The van der Waals surface area contributed by atoms with Crippen molar-refractivity contribution in [1.29, 1.82) is 0 Å². The number of hydrogen-bond donors (Lipinski definition) is 0. The molecule has 0 fully saturated rings. The van der Waals surface area contributed by atoms with Crippen LogP contribution in [0.25, 0.3) is 22.4 Å². The fourth-order valence-corrected chi connectivity index (χ4v) is 3.47. The van der Waals surface area contributed by atoms with E-state index >= 15 is 0 Å². The Bertz CT molecular complexity index is 1140. The van der Waals surface area contributed by atoms with E-state index in [4.69, 9.17) is 0 Å². The molecule has 2 heterocycles. The average Bonchev–Trinajstić information content (AvgIpc) is 3.02.